The standard InChI is InChI=1S/C24H22ClFN8O.C4H7F/c1-15-21-13-32(16(2)29-14-27)6-7-33(21)31-23(15)17-9-22(24-20(25)11-30-34(24)12-17)35-8-5-19-4-3-18(26)10-28-19;5-4-2-1-3-4/h3-4,9-12,29H,2,5-8,13H2,1H3;4H,1-3H2. The molecular weight excluding hydrogens is 538 g/mol. The van der Waals surface area contributed by atoms with Crippen molar-refractivity contribution < 1.29 is 13.5 Å². The number of alkyl halides is 1. The number of ether oxygens (including phenoxy) is 1. The van der Waals surface area contributed by atoms with E-state index in [9.17, 15) is 8.78 Å². The summed E-state index contributed by atoms with van der Waals surface area (Å²) in [5.41, 5.74) is 5.13. The molecule has 0 bridgehead atoms. The van der Waals surface area contributed by atoms with Gasteiger partial charge in [-0.1, -0.05) is 18.2 Å². The van der Waals surface area contributed by atoms with Crippen LogP contribution in [0.25, 0.3) is 16.8 Å². The summed E-state index contributed by atoms with van der Waals surface area (Å²) < 4.78 is 34.4. The minimum Gasteiger partial charge on any atom is -0.491 e. The van der Waals surface area contributed by atoms with Gasteiger partial charge in [0.05, 0.1) is 48.5 Å². The lowest BCUT2D eigenvalue weighted by Gasteiger charge is -2.30. The quantitative estimate of drug-likeness (QED) is 0.243. The number of nitrogens with zero attached hydrogens (tertiary/aromatic N) is 7. The summed E-state index contributed by atoms with van der Waals surface area (Å²) in [6, 6.07) is 4.93. The van der Waals surface area contributed by atoms with E-state index in [1.54, 1.807) is 16.8 Å². The van der Waals surface area contributed by atoms with Gasteiger partial charge in [0.25, 0.3) is 0 Å². The number of nitriles is 1. The van der Waals surface area contributed by atoms with Crippen molar-refractivity contribution in [1.29, 1.82) is 5.26 Å². The fraction of sp³-hybridized carbons (Fsp3) is 0.357. The monoisotopic (exact) mass is 566 g/mol. The molecule has 12 heteroatoms. The van der Waals surface area contributed by atoms with Crippen molar-refractivity contribution in [3.8, 4) is 23.2 Å². The van der Waals surface area contributed by atoms with Crippen molar-refractivity contribution in [2.75, 3.05) is 13.2 Å². The Morgan fingerprint density at radius 3 is 2.77 bits per heavy atom. The summed E-state index contributed by atoms with van der Waals surface area (Å²) in [6.45, 7) is 8.26. The van der Waals surface area contributed by atoms with Gasteiger partial charge in [0.1, 0.15) is 29.1 Å². The van der Waals surface area contributed by atoms with E-state index in [0.717, 1.165) is 47.5 Å². The van der Waals surface area contributed by atoms with Gasteiger partial charge in [-0.3, -0.25) is 15.0 Å². The van der Waals surface area contributed by atoms with Crippen molar-refractivity contribution in [3.05, 3.63) is 77.0 Å². The SMILES string of the molecule is C=C(NC#N)N1CCn2nc(-c3cc(OCCc4ccc(F)cn4)c4c(Cl)cnn4c3)c(C)c2C1.FC1CCC1. The van der Waals surface area contributed by atoms with Crippen molar-refractivity contribution in [2.45, 2.75) is 51.9 Å². The lowest BCUT2D eigenvalue weighted by Crippen LogP contribution is -2.36. The molecule has 40 heavy (non-hydrogen) atoms. The number of hydrogen-bond donors (Lipinski definition) is 1. The molecule has 1 saturated carbocycles. The molecule has 9 nitrogen and oxygen atoms in total. The first-order chi connectivity index (χ1) is 19.3. The highest BCUT2D eigenvalue weighted by molar-refractivity contribution is 6.34. The molecule has 0 saturated heterocycles. The van der Waals surface area contributed by atoms with Crippen LogP contribution < -0.4 is 10.1 Å². The van der Waals surface area contributed by atoms with E-state index in [2.05, 4.69) is 22.0 Å². The molecular formula is C28H29ClF2N8O. The highest BCUT2D eigenvalue weighted by Gasteiger charge is 2.24. The molecule has 0 unspecified atom stereocenters. The van der Waals surface area contributed by atoms with Crippen molar-refractivity contribution in [3.63, 3.8) is 0 Å². The number of fused-ring (bicyclic) bond motifs is 2. The molecule has 0 spiro atoms. The number of aromatic nitrogens is 5. The summed E-state index contributed by atoms with van der Waals surface area (Å²) >= 11 is 6.39. The fourth-order valence-corrected chi connectivity index (χ4v) is 4.78. The number of pyridine rings is 2. The average molecular weight is 567 g/mol. The van der Waals surface area contributed by atoms with Crippen LogP contribution in [0.2, 0.25) is 5.02 Å². The molecule has 208 valence electrons. The second kappa shape index (κ2) is 11.9. The average Bonchev–Trinajstić information content (AvgIpc) is 3.48. The van der Waals surface area contributed by atoms with E-state index in [4.69, 9.17) is 26.7 Å². The van der Waals surface area contributed by atoms with Gasteiger partial charge in [0.15, 0.2) is 6.19 Å². The molecule has 6 rings (SSSR count). The van der Waals surface area contributed by atoms with Crippen LogP contribution in [0, 0.1) is 24.2 Å². The third kappa shape index (κ3) is 5.87. The number of nitrogens with one attached hydrogen (secondary N) is 1. The topological polar surface area (TPSA) is 96.3 Å². The van der Waals surface area contributed by atoms with Gasteiger partial charge in [-0.2, -0.15) is 15.5 Å². The first kappa shape index (κ1) is 27.4. The smallest absolute Gasteiger partial charge is 0.182 e. The maximum atomic E-state index is 13.1. The summed E-state index contributed by atoms with van der Waals surface area (Å²) in [5.74, 6) is 0.771. The predicted molar refractivity (Wildman–Crippen MR) is 147 cm³/mol. The van der Waals surface area contributed by atoms with Crippen LogP contribution in [0.3, 0.4) is 0 Å². The molecule has 1 N–H and O–H groups in total. The van der Waals surface area contributed by atoms with Crippen LogP contribution in [0.1, 0.15) is 36.2 Å². The maximum Gasteiger partial charge on any atom is 0.182 e. The normalized spacial score (nSPS) is 14.5. The Labute approximate surface area is 235 Å². The van der Waals surface area contributed by atoms with E-state index in [1.165, 1.54) is 12.3 Å². The van der Waals surface area contributed by atoms with E-state index >= 15 is 0 Å². The van der Waals surface area contributed by atoms with Gasteiger partial charge in [0.2, 0.25) is 0 Å². The molecule has 0 aromatic carbocycles. The molecule has 2 aliphatic rings. The summed E-state index contributed by atoms with van der Waals surface area (Å²) in [4.78, 5) is 6.10. The van der Waals surface area contributed by atoms with Crippen LogP contribution in [-0.4, -0.2) is 48.6 Å². The zero-order valence-electron chi connectivity index (χ0n) is 22.1. The predicted octanol–water partition coefficient (Wildman–Crippen LogP) is 5.18. The Bertz CT molecular complexity index is 1560. The first-order valence-electron chi connectivity index (χ1n) is 13.0. The van der Waals surface area contributed by atoms with Crippen LogP contribution in [0.5, 0.6) is 5.75 Å². The van der Waals surface area contributed by atoms with Gasteiger partial charge in [-0.25, -0.2) is 13.3 Å². The summed E-state index contributed by atoms with van der Waals surface area (Å²) in [6.07, 6.45) is 9.39. The Morgan fingerprint density at radius 1 is 1.30 bits per heavy atom. The molecule has 1 aliphatic heterocycles. The van der Waals surface area contributed by atoms with E-state index in [0.29, 0.717) is 54.8 Å². The second-order valence-electron chi connectivity index (χ2n) is 9.72. The van der Waals surface area contributed by atoms with E-state index < -0.39 is 6.17 Å². The van der Waals surface area contributed by atoms with Crippen molar-refractivity contribution in [2.24, 2.45) is 0 Å². The molecule has 0 radical (unpaired) electrons. The highest BCUT2D eigenvalue weighted by Crippen LogP contribution is 2.34. The molecule has 0 atom stereocenters. The van der Waals surface area contributed by atoms with Crippen molar-refractivity contribution in [1.82, 2.24) is 34.6 Å². The van der Waals surface area contributed by atoms with E-state index in [1.807, 2.05) is 35.0 Å². The van der Waals surface area contributed by atoms with Gasteiger partial charge in [0, 0.05) is 36.0 Å². The zero-order valence-corrected chi connectivity index (χ0v) is 22.8. The van der Waals surface area contributed by atoms with Gasteiger partial charge < -0.3 is 9.64 Å². The minimum absolute atomic E-state index is 0.334. The van der Waals surface area contributed by atoms with Gasteiger partial charge >= 0.3 is 0 Å². The Hall–Kier alpha value is -4.17. The summed E-state index contributed by atoms with van der Waals surface area (Å²) in [5, 5.41) is 21.2. The first-order valence-corrected chi connectivity index (χ1v) is 13.4. The van der Waals surface area contributed by atoms with Crippen molar-refractivity contribution >= 4 is 17.1 Å². The van der Waals surface area contributed by atoms with Crippen LogP contribution in [-0.2, 0) is 19.5 Å². The Morgan fingerprint density at radius 2 is 2.10 bits per heavy atom. The van der Waals surface area contributed by atoms with Crippen LogP contribution >= 0.6 is 11.6 Å². The van der Waals surface area contributed by atoms with Gasteiger partial charge in [-0.15, -0.1) is 0 Å². The lowest BCUT2D eigenvalue weighted by molar-refractivity contribution is 0.211. The number of halogens is 3. The Kier molecular flexibility index (Phi) is 8.16. The largest absolute Gasteiger partial charge is 0.491 e. The van der Waals surface area contributed by atoms with Gasteiger partial charge in [-0.05, 0) is 44.4 Å². The van der Waals surface area contributed by atoms with Crippen LogP contribution in [0.15, 0.2) is 49.2 Å². The fourth-order valence-electron chi connectivity index (χ4n) is 4.56. The third-order valence-corrected chi connectivity index (χ3v) is 7.35. The summed E-state index contributed by atoms with van der Waals surface area (Å²) in [7, 11) is 0. The molecule has 1 aliphatic carbocycles. The maximum absolute atomic E-state index is 13.1. The highest BCUT2D eigenvalue weighted by atomic mass is 35.5. The second-order valence-corrected chi connectivity index (χ2v) is 10.1. The molecule has 1 fully saturated rings. The molecule has 4 aromatic rings. The Balaban J connectivity index is 0.000000582. The number of hydrogen-bond acceptors (Lipinski definition) is 7. The number of rotatable bonds is 7. The van der Waals surface area contributed by atoms with Crippen LogP contribution in [0.4, 0.5) is 8.78 Å². The molecule has 4 aromatic heterocycles. The molecule has 5 heterocycles. The zero-order chi connectivity index (χ0) is 28.2. The molecule has 0 amide bonds. The minimum atomic E-state index is -0.435. The lowest BCUT2D eigenvalue weighted by atomic mass is 9.98. The third-order valence-electron chi connectivity index (χ3n) is 7.07. The van der Waals surface area contributed by atoms with E-state index in [-0.39, 0.29) is 5.82 Å².